The molecular weight excluding hydrogens is 278 g/mol. The Bertz CT molecular complexity index is 510. The Labute approximate surface area is 123 Å². The summed E-state index contributed by atoms with van der Waals surface area (Å²) < 4.78 is 32.6. The first kappa shape index (κ1) is 15.7. The van der Waals surface area contributed by atoms with Crippen LogP contribution in [0.2, 0.25) is 0 Å². The first-order valence-corrected chi connectivity index (χ1v) is 6.84. The maximum atomic E-state index is 14.0. The summed E-state index contributed by atoms with van der Waals surface area (Å²) in [5.41, 5.74) is 0.363. The summed E-state index contributed by atoms with van der Waals surface area (Å²) in [5.74, 6) is 3.94. The van der Waals surface area contributed by atoms with Crippen LogP contribution in [0.25, 0.3) is 0 Å². The van der Waals surface area contributed by atoms with Crippen molar-refractivity contribution in [2.45, 2.75) is 24.9 Å². The van der Waals surface area contributed by atoms with Gasteiger partial charge in [0.1, 0.15) is 0 Å². The van der Waals surface area contributed by atoms with E-state index in [1.54, 1.807) is 6.07 Å². The van der Waals surface area contributed by atoms with Gasteiger partial charge in [0.2, 0.25) is 0 Å². The minimum absolute atomic E-state index is 0.173. The van der Waals surface area contributed by atoms with E-state index in [4.69, 9.17) is 15.5 Å². The SMILES string of the molecule is C=C(OC)N1C[C@H](ON)CC[C@@H](c2cccc(F)c2F)C1. The summed E-state index contributed by atoms with van der Waals surface area (Å²) in [6.45, 7) is 4.80. The largest absolute Gasteiger partial charge is 0.483 e. The number of nitrogens with zero attached hydrogens (tertiary/aromatic N) is 1. The van der Waals surface area contributed by atoms with Crippen LogP contribution in [0.1, 0.15) is 24.3 Å². The smallest absolute Gasteiger partial charge is 0.181 e. The molecule has 2 N–H and O–H groups in total. The van der Waals surface area contributed by atoms with E-state index in [9.17, 15) is 8.78 Å². The highest BCUT2D eigenvalue weighted by atomic mass is 19.2. The topological polar surface area (TPSA) is 47.7 Å². The van der Waals surface area contributed by atoms with Crippen LogP contribution >= 0.6 is 0 Å². The Morgan fingerprint density at radius 2 is 2.10 bits per heavy atom. The van der Waals surface area contributed by atoms with E-state index in [2.05, 4.69) is 6.58 Å². The van der Waals surface area contributed by atoms with Gasteiger partial charge in [-0.25, -0.2) is 14.7 Å². The Morgan fingerprint density at radius 3 is 2.76 bits per heavy atom. The lowest BCUT2D eigenvalue weighted by molar-refractivity contribution is 0.0227. The van der Waals surface area contributed by atoms with Crippen molar-refractivity contribution in [2.24, 2.45) is 5.90 Å². The number of methoxy groups -OCH3 is 1. The molecule has 0 saturated carbocycles. The molecule has 1 aliphatic rings. The third kappa shape index (κ3) is 3.51. The van der Waals surface area contributed by atoms with Gasteiger partial charge in [-0.1, -0.05) is 12.1 Å². The minimum atomic E-state index is -0.833. The molecule has 0 amide bonds. The van der Waals surface area contributed by atoms with Gasteiger partial charge in [-0.15, -0.1) is 0 Å². The number of nitrogens with two attached hydrogens (primary N) is 1. The van der Waals surface area contributed by atoms with Gasteiger partial charge < -0.3 is 9.64 Å². The first-order chi connectivity index (χ1) is 10.1. The van der Waals surface area contributed by atoms with Crippen LogP contribution in [-0.2, 0) is 9.57 Å². The van der Waals surface area contributed by atoms with Crippen molar-refractivity contribution in [1.29, 1.82) is 0 Å². The maximum Gasteiger partial charge on any atom is 0.181 e. The monoisotopic (exact) mass is 298 g/mol. The van der Waals surface area contributed by atoms with E-state index >= 15 is 0 Å². The molecule has 1 aromatic carbocycles. The van der Waals surface area contributed by atoms with Crippen molar-refractivity contribution < 1.29 is 18.4 Å². The van der Waals surface area contributed by atoms with E-state index in [0.29, 0.717) is 37.4 Å². The van der Waals surface area contributed by atoms with Crippen molar-refractivity contribution in [2.75, 3.05) is 20.2 Å². The zero-order valence-corrected chi connectivity index (χ0v) is 12.0. The first-order valence-electron chi connectivity index (χ1n) is 6.84. The van der Waals surface area contributed by atoms with Crippen molar-refractivity contribution in [3.63, 3.8) is 0 Å². The second-order valence-electron chi connectivity index (χ2n) is 5.18. The van der Waals surface area contributed by atoms with Crippen LogP contribution in [0, 0.1) is 11.6 Å². The molecule has 2 atom stereocenters. The van der Waals surface area contributed by atoms with Gasteiger partial charge in [-0.3, -0.25) is 4.84 Å². The van der Waals surface area contributed by atoms with Crippen LogP contribution < -0.4 is 5.90 Å². The number of halogens is 2. The highest BCUT2D eigenvalue weighted by molar-refractivity contribution is 5.24. The predicted molar refractivity (Wildman–Crippen MR) is 75.1 cm³/mol. The molecule has 0 unspecified atom stereocenters. The average molecular weight is 298 g/mol. The van der Waals surface area contributed by atoms with Gasteiger partial charge in [0.05, 0.1) is 13.2 Å². The van der Waals surface area contributed by atoms with E-state index in [-0.39, 0.29) is 12.0 Å². The number of ether oxygens (including phenoxy) is 1. The lowest BCUT2D eigenvalue weighted by Gasteiger charge is -2.28. The fraction of sp³-hybridized carbons (Fsp3) is 0.467. The number of rotatable bonds is 4. The standard InChI is InChI=1S/C15H20F2N2O2/c1-10(20-2)19-8-11(6-7-12(9-19)21-18)13-4-3-5-14(16)15(13)17/h3-5,11-12H,1,6-9,18H2,2H3/t11-,12-/m1/s1. The van der Waals surface area contributed by atoms with Crippen LogP contribution in [0.15, 0.2) is 30.7 Å². The molecule has 6 heteroatoms. The van der Waals surface area contributed by atoms with Crippen LogP contribution in [0.4, 0.5) is 8.78 Å². The molecule has 0 aliphatic carbocycles. The molecular formula is C15H20F2N2O2. The van der Waals surface area contributed by atoms with Crippen LogP contribution in [-0.4, -0.2) is 31.2 Å². The summed E-state index contributed by atoms with van der Waals surface area (Å²) in [4.78, 5) is 6.77. The summed E-state index contributed by atoms with van der Waals surface area (Å²) in [6.07, 6.45) is 1.11. The van der Waals surface area contributed by atoms with Gasteiger partial charge >= 0.3 is 0 Å². The zero-order valence-electron chi connectivity index (χ0n) is 12.0. The molecule has 1 heterocycles. The molecule has 4 nitrogen and oxygen atoms in total. The van der Waals surface area contributed by atoms with Gasteiger partial charge in [0.25, 0.3) is 0 Å². The van der Waals surface area contributed by atoms with E-state index in [1.165, 1.54) is 13.2 Å². The highest BCUT2D eigenvalue weighted by Gasteiger charge is 2.28. The van der Waals surface area contributed by atoms with Crippen molar-refractivity contribution in [3.8, 4) is 0 Å². The fourth-order valence-corrected chi connectivity index (χ4v) is 2.69. The molecule has 1 aliphatic heterocycles. The van der Waals surface area contributed by atoms with Gasteiger partial charge in [-0.2, -0.15) is 0 Å². The number of likely N-dealkylation sites (tertiary alicyclic amines) is 1. The molecule has 0 bridgehead atoms. The number of benzene rings is 1. The quantitative estimate of drug-likeness (QED) is 0.685. The van der Waals surface area contributed by atoms with E-state index < -0.39 is 11.6 Å². The highest BCUT2D eigenvalue weighted by Crippen LogP contribution is 2.31. The second kappa shape index (κ2) is 6.87. The van der Waals surface area contributed by atoms with E-state index in [0.717, 1.165) is 6.07 Å². The Kier molecular flexibility index (Phi) is 5.14. The number of hydrogen-bond donors (Lipinski definition) is 1. The number of hydrogen-bond acceptors (Lipinski definition) is 4. The van der Waals surface area contributed by atoms with Crippen LogP contribution in [0.3, 0.4) is 0 Å². The Morgan fingerprint density at radius 1 is 1.33 bits per heavy atom. The lowest BCUT2D eigenvalue weighted by Crippen LogP contribution is -2.34. The van der Waals surface area contributed by atoms with Gasteiger partial charge in [0, 0.05) is 19.0 Å². The molecule has 1 fully saturated rings. The molecule has 1 aromatic rings. The third-order valence-electron chi connectivity index (χ3n) is 3.90. The minimum Gasteiger partial charge on any atom is -0.483 e. The maximum absolute atomic E-state index is 14.0. The van der Waals surface area contributed by atoms with Crippen LogP contribution in [0.5, 0.6) is 0 Å². The fourth-order valence-electron chi connectivity index (χ4n) is 2.69. The average Bonchev–Trinajstić information content (AvgIpc) is 2.72. The van der Waals surface area contributed by atoms with E-state index in [1.807, 2.05) is 4.90 Å². The Balaban J connectivity index is 2.26. The summed E-state index contributed by atoms with van der Waals surface area (Å²) in [6, 6.07) is 4.25. The third-order valence-corrected chi connectivity index (χ3v) is 3.90. The second-order valence-corrected chi connectivity index (χ2v) is 5.18. The predicted octanol–water partition coefficient (Wildman–Crippen LogP) is 2.52. The molecule has 2 rings (SSSR count). The van der Waals surface area contributed by atoms with Crippen molar-refractivity contribution >= 4 is 0 Å². The summed E-state index contributed by atoms with van der Waals surface area (Å²) in [5, 5.41) is 0. The molecule has 1 saturated heterocycles. The zero-order chi connectivity index (χ0) is 15.4. The summed E-state index contributed by atoms with van der Waals surface area (Å²) >= 11 is 0. The molecule has 21 heavy (non-hydrogen) atoms. The molecule has 0 spiro atoms. The normalized spacial score (nSPS) is 22.8. The van der Waals surface area contributed by atoms with Gasteiger partial charge in [-0.05, 0) is 31.1 Å². The lowest BCUT2D eigenvalue weighted by atomic mass is 9.93. The molecule has 116 valence electrons. The van der Waals surface area contributed by atoms with Gasteiger partial charge in [0.15, 0.2) is 17.5 Å². The van der Waals surface area contributed by atoms with Crippen molar-refractivity contribution in [1.82, 2.24) is 4.90 Å². The molecule has 0 radical (unpaired) electrons. The summed E-state index contributed by atoms with van der Waals surface area (Å²) in [7, 11) is 1.52. The van der Waals surface area contributed by atoms with Crippen molar-refractivity contribution in [3.05, 3.63) is 47.9 Å². The Hall–Kier alpha value is -1.66. The molecule has 0 aromatic heterocycles.